The molecule has 3 rings (SSSR count). The average Bonchev–Trinajstić information content (AvgIpc) is 3.07. The normalized spacial score (nSPS) is 11.9. The van der Waals surface area contributed by atoms with Gasteiger partial charge in [0, 0.05) is 6.07 Å². The number of hydrogen-bond acceptors (Lipinski definition) is 6. The lowest BCUT2D eigenvalue weighted by atomic mass is 9.73. The second kappa shape index (κ2) is 7.97. The lowest BCUT2D eigenvalue weighted by Gasteiger charge is -2.12. The molecule has 2 aromatic rings. The summed E-state index contributed by atoms with van der Waals surface area (Å²) in [6, 6.07) is 11.5. The summed E-state index contributed by atoms with van der Waals surface area (Å²) in [5.74, 6) is 8.63. The van der Waals surface area contributed by atoms with Crippen molar-refractivity contribution in [1.82, 2.24) is 0 Å². The van der Waals surface area contributed by atoms with Gasteiger partial charge in [-0.1, -0.05) is 11.5 Å². The molecule has 1 aliphatic heterocycles. The Morgan fingerprint density at radius 3 is 2.42 bits per heavy atom. The number of ether oxygens (including phenoxy) is 3. The second-order valence-corrected chi connectivity index (χ2v) is 5.93. The van der Waals surface area contributed by atoms with Crippen LogP contribution in [-0.4, -0.2) is 27.5 Å². The summed E-state index contributed by atoms with van der Waals surface area (Å²) in [5.41, 5.74) is 3.99. The molecule has 0 bridgehead atoms. The average molecular weight is 353 g/mol. The standard InChI is InChI=1S/C19H20BNO5/c1-23-15-5-12(6-16(8-15)24-2)11-25-14-3-4-18-17(9-14)13(10-20-18)7-19(22)26-21/h3-6,8-10,20H,7,11,21H2,1-2H3. The van der Waals surface area contributed by atoms with E-state index in [0.29, 0.717) is 18.1 Å². The number of carbonyl (C=O) groups excluding carboxylic acids is 1. The van der Waals surface area contributed by atoms with E-state index in [1.165, 1.54) is 0 Å². The Morgan fingerprint density at radius 1 is 1.04 bits per heavy atom. The third kappa shape index (κ3) is 4.00. The number of rotatable bonds is 7. The van der Waals surface area contributed by atoms with Crippen LogP contribution in [0.5, 0.6) is 17.2 Å². The van der Waals surface area contributed by atoms with Crippen LogP contribution >= 0.6 is 0 Å². The van der Waals surface area contributed by atoms with Gasteiger partial charge in [0.15, 0.2) is 7.28 Å². The van der Waals surface area contributed by atoms with Crippen LogP contribution in [0.2, 0.25) is 0 Å². The molecule has 0 spiro atoms. The molecule has 0 aliphatic carbocycles. The van der Waals surface area contributed by atoms with Crippen LogP contribution in [0.1, 0.15) is 17.5 Å². The quantitative estimate of drug-likeness (QED) is 0.600. The molecule has 0 radical (unpaired) electrons. The van der Waals surface area contributed by atoms with Gasteiger partial charge in [0.25, 0.3) is 0 Å². The topological polar surface area (TPSA) is 80.0 Å². The Kier molecular flexibility index (Phi) is 5.48. The summed E-state index contributed by atoms with van der Waals surface area (Å²) in [7, 11) is 4.01. The fourth-order valence-corrected chi connectivity index (χ4v) is 2.95. The van der Waals surface area contributed by atoms with Gasteiger partial charge in [-0.3, -0.25) is 4.79 Å². The largest absolute Gasteiger partial charge is 0.497 e. The number of carbonyl (C=O) groups is 1. The minimum absolute atomic E-state index is 0.153. The fraction of sp³-hybridized carbons (Fsp3) is 0.211. The highest BCUT2D eigenvalue weighted by Crippen LogP contribution is 2.27. The smallest absolute Gasteiger partial charge is 0.328 e. The highest BCUT2D eigenvalue weighted by atomic mass is 16.7. The van der Waals surface area contributed by atoms with Gasteiger partial charge in [-0.2, -0.15) is 5.90 Å². The molecule has 0 atom stereocenters. The summed E-state index contributed by atoms with van der Waals surface area (Å²) in [5, 5.41) is 0. The van der Waals surface area contributed by atoms with Crippen LogP contribution in [0.3, 0.4) is 0 Å². The molecule has 26 heavy (non-hydrogen) atoms. The van der Waals surface area contributed by atoms with Crippen LogP contribution in [0.25, 0.3) is 5.57 Å². The van der Waals surface area contributed by atoms with Crippen LogP contribution < -0.4 is 25.6 Å². The molecule has 0 saturated heterocycles. The molecule has 0 amide bonds. The van der Waals surface area contributed by atoms with E-state index in [1.807, 2.05) is 42.4 Å². The Labute approximate surface area is 152 Å². The van der Waals surface area contributed by atoms with Gasteiger partial charge in [-0.15, -0.1) is 5.98 Å². The number of benzene rings is 2. The van der Waals surface area contributed by atoms with E-state index in [2.05, 4.69) is 4.84 Å². The number of fused-ring (bicyclic) bond motifs is 1. The van der Waals surface area contributed by atoms with Gasteiger partial charge >= 0.3 is 5.97 Å². The molecule has 1 aliphatic rings. The lowest BCUT2D eigenvalue weighted by Crippen LogP contribution is -2.13. The van der Waals surface area contributed by atoms with E-state index in [0.717, 1.165) is 35.2 Å². The molecule has 6 nitrogen and oxygen atoms in total. The first-order chi connectivity index (χ1) is 12.6. The van der Waals surface area contributed by atoms with Gasteiger partial charge < -0.3 is 19.0 Å². The third-order valence-electron chi connectivity index (χ3n) is 4.28. The fourth-order valence-electron chi connectivity index (χ4n) is 2.95. The highest BCUT2D eigenvalue weighted by Gasteiger charge is 2.18. The SMILES string of the molecule is COc1cc(COc2ccc3c(c2)C(CC(=O)ON)=CB3)cc(OC)c1. The van der Waals surface area contributed by atoms with E-state index in [-0.39, 0.29) is 6.42 Å². The predicted octanol–water partition coefficient (Wildman–Crippen LogP) is 1.51. The zero-order valence-electron chi connectivity index (χ0n) is 14.8. The van der Waals surface area contributed by atoms with Crippen molar-refractivity contribution in [2.24, 2.45) is 5.90 Å². The summed E-state index contributed by atoms with van der Waals surface area (Å²) in [6.45, 7) is 0.371. The first kappa shape index (κ1) is 17.9. The van der Waals surface area contributed by atoms with E-state index in [4.69, 9.17) is 20.1 Å². The second-order valence-electron chi connectivity index (χ2n) is 5.93. The van der Waals surface area contributed by atoms with Crippen molar-refractivity contribution in [1.29, 1.82) is 0 Å². The molecule has 0 unspecified atom stereocenters. The van der Waals surface area contributed by atoms with Crippen LogP contribution in [0.4, 0.5) is 0 Å². The van der Waals surface area contributed by atoms with Gasteiger partial charge in [0.05, 0.1) is 20.6 Å². The van der Waals surface area contributed by atoms with Gasteiger partial charge in [0.1, 0.15) is 23.9 Å². The van der Waals surface area contributed by atoms with Crippen molar-refractivity contribution in [3.05, 3.63) is 53.5 Å². The van der Waals surface area contributed by atoms with E-state index in [1.54, 1.807) is 14.2 Å². The molecule has 0 saturated carbocycles. The Morgan fingerprint density at radius 2 is 1.77 bits per heavy atom. The van der Waals surface area contributed by atoms with Crippen molar-refractivity contribution < 1.29 is 23.8 Å². The van der Waals surface area contributed by atoms with Crippen molar-refractivity contribution in [3.8, 4) is 17.2 Å². The Hall–Kier alpha value is -2.93. The van der Waals surface area contributed by atoms with Crippen LogP contribution in [0, 0.1) is 0 Å². The van der Waals surface area contributed by atoms with E-state index >= 15 is 0 Å². The molecule has 2 aromatic carbocycles. The number of nitrogens with two attached hydrogens (primary N) is 1. The summed E-state index contributed by atoms with van der Waals surface area (Å²) < 4.78 is 16.5. The molecule has 2 N–H and O–H groups in total. The van der Waals surface area contributed by atoms with Gasteiger partial charge in [-0.05, 0) is 41.0 Å². The van der Waals surface area contributed by atoms with Crippen molar-refractivity contribution in [3.63, 3.8) is 0 Å². The van der Waals surface area contributed by atoms with Crippen LogP contribution in [-0.2, 0) is 16.2 Å². The minimum Gasteiger partial charge on any atom is -0.497 e. The molecule has 0 fully saturated rings. The number of methoxy groups -OCH3 is 2. The lowest BCUT2D eigenvalue weighted by molar-refractivity contribution is -0.142. The number of hydrogen-bond donors (Lipinski definition) is 1. The highest BCUT2D eigenvalue weighted by molar-refractivity contribution is 6.63. The molecule has 7 heteroatoms. The first-order valence-corrected chi connectivity index (χ1v) is 8.19. The Balaban J connectivity index is 1.73. The maximum Gasteiger partial charge on any atom is 0.328 e. The minimum atomic E-state index is -0.459. The molecular formula is C19H20BNO5. The maximum absolute atomic E-state index is 11.5. The molecular weight excluding hydrogens is 333 g/mol. The maximum atomic E-state index is 11.5. The zero-order valence-corrected chi connectivity index (χ0v) is 14.8. The van der Waals surface area contributed by atoms with Crippen molar-refractivity contribution >= 4 is 24.3 Å². The summed E-state index contributed by atoms with van der Waals surface area (Å²) in [6.07, 6.45) is 0.153. The van der Waals surface area contributed by atoms with Crippen molar-refractivity contribution in [2.45, 2.75) is 13.0 Å². The monoisotopic (exact) mass is 353 g/mol. The Bertz CT molecular complexity index is 828. The summed E-state index contributed by atoms with van der Waals surface area (Å²) in [4.78, 5) is 15.7. The van der Waals surface area contributed by atoms with E-state index < -0.39 is 5.97 Å². The zero-order chi connectivity index (χ0) is 18.5. The van der Waals surface area contributed by atoms with Crippen LogP contribution in [0.15, 0.2) is 42.4 Å². The van der Waals surface area contributed by atoms with Crippen molar-refractivity contribution in [2.75, 3.05) is 14.2 Å². The third-order valence-corrected chi connectivity index (χ3v) is 4.28. The molecule has 1 heterocycles. The van der Waals surface area contributed by atoms with Gasteiger partial charge in [0.2, 0.25) is 0 Å². The predicted molar refractivity (Wildman–Crippen MR) is 100.0 cm³/mol. The molecule has 134 valence electrons. The van der Waals surface area contributed by atoms with E-state index in [9.17, 15) is 4.79 Å². The van der Waals surface area contributed by atoms with Gasteiger partial charge in [-0.25, -0.2) is 0 Å². The summed E-state index contributed by atoms with van der Waals surface area (Å²) >= 11 is 0. The first-order valence-electron chi connectivity index (χ1n) is 8.19. The molecule has 0 aromatic heterocycles.